The number of likely N-dealkylation sites (N-methyl/N-ethyl adjacent to an activating group) is 2. The summed E-state index contributed by atoms with van der Waals surface area (Å²) in [6.45, 7) is 6.96. The molecule has 1 aliphatic rings. The van der Waals surface area contributed by atoms with Crippen LogP contribution in [0.1, 0.15) is 28.3 Å². The highest BCUT2D eigenvalue weighted by Gasteiger charge is 2.34. The zero-order chi connectivity index (χ0) is 14.3. The molecule has 19 heavy (non-hydrogen) atoms. The lowest BCUT2D eigenvalue weighted by Crippen LogP contribution is -2.27. The van der Waals surface area contributed by atoms with Crippen LogP contribution in [0.2, 0.25) is 0 Å². The Morgan fingerprint density at radius 3 is 2.32 bits per heavy atom. The van der Waals surface area contributed by atoms with Gasteiger partial charge in [-0.2, -0.15) is 0 Å². The molecule has 0 spiro atoms. The number of hydrogen-bond donors (Lipinski definition) is 0. The topological polar surface area (TPSA) is 32.8 Å². The molecule has 1 aliphatic heterocycles. The lowest BCUT2D eigenvalue weighted by Gasteiger charge is -2.23. The molecule has 1 unspecified atom stereocenters. The van der Waals surface area contributed by atoms with Crippen LogP contribution in [-0.2, 0) is 0 Å². The van der Waals surface area contributed by atoms with Crippen molar-refractivity contribution in [2.24, 2.45) is 0 Å². The summed E-state index contributed by atoms with van der Waals surface area (Å²) in [5, 5.41) is 0. The van der Waals surface area contributed by atoms with Gasteiger partial charge in [-0.25, -0.2) is 4.79 Å². The lowest BCUT2D eigenvalue weighted by molar-refractivity contribution is 0.201. The van der Waals surface area contributed by atoms with E-state index < -0.39 is 0 Å². The van der Waals surface area contributed by atoms with Gasteiger partial charge >= 0.3 is 6.03 Å². The molecule has 4 nitrogen and oxygen atoms in total. The van der Waals surface area contributed by atoms with E-state index in [9.17, 15) is 4.79 Å². The van der Waals surface area contributed by atoms with Crippen molar-refractivity contribution in [3.63, 3.8) is 0 Å². The fourth-order valence-corrected chi connectivity index (χ4v) is 2.92. The van der Waals surface area contributed by atoms with E-state index >= 15 is 0 Å². The zero-order valence-electron chi connectivity index (χ0n) is 12.6. The number of carbonyl (C=O) groups excluding carboxylic acids is 1. The average Bonchev–Trinajstić information content (AvgIpc) is 2.62. The number of aryl methyl sites for hydroxylation is 1. The minimum atomic E-state index is 0.0792. The first kappa shape index (κ1) is 13.7. The number of amides is 2. The number of hydrogen-bond acceptors (Lipinski definition) is 2. The number of nitrogens with zero attached hydrogens (tertiary/aromatic N) is 2. The molecule has 1 saturated heterocycles. The van der Waals surface area contributed by atoms with Gasteiger partial charge in [0.2, 0.25) is 0 Å². The maximum Gasteiger partial charge on any atom is 0.320 e. The van der Waals surface area contributed by atoms with Crippen LogP contribution in [0.25, 0.3) is 0 Å². The lowest BCUT2D eigenvalue weighted by atomic mass is 9.93. The molecule has 1 fully saturated rings. The first-order valence-corrected chi connectivity index (χ1v) is 6.51. The van der Waals surface area contributed by atoms with E-state index in [0.29, 0.717) is 0 Å². The Kier molecular flexibility index (Phi) is 3.43. The van der Waals surface area contributed by atoms with Crippen LogP contribution in [0.4, 0.5) is 4.79 Å². The highest BCUT2D eigenvalue weighted by molar-refractivity contribution is 5.77. The highest BCUT2D eigenvalue weighted by Crippen LogP contribution is 2.35. The minimum absolute atomic E-state index is 0.0792. The van der Waals surface area contributed by atoms with Gasteiger partial charge in [0.05, 0.1) is 13.2 Å². The predicted molar refractivity (Wildman–Crippen MR) is 75.7 cm³/mol. The maximum atomic E-state index is 11.9. The third kappa shape index (κ3) is 2.05. The largest absolute Gasteiger partial charge is 0.496 e. The molecule has 0 aliphatic carbocycles. The number of methoxy groups -OCH3 is 1. The summed E-state index contributed by atoms with van der Waals surface area (Å²) >= 11 is 0. The highest BCUT2D eigenvalue weighted by atomic mass is 16.5. The van der Waals surface area contributed by atoms with E-state index in [1.807, 2.05) is 19.0 Å². The van der Waals surface area contributed by atoms with Gasteiger partial charge in [-0.1, -0.05) is 0 Å². The molecule has 1 aromatic carbocycles. The van der Waals surface area contributed by atoms with E-state index in [1.54, 1.807) is 12.0 Å². The van der Waals surface area contributed by atoms with Crippen LogP contribution < -0.4 is 4.74 Å². The minimum Gasteiger partial charge on any atom is -0.496 e. The van der Waals surface area contributed by atoms with E-state index in [4.69, 9.17) is 4.74 Å². The molecule has 0 saturated carbocycles. The smallest absolute Gasteiger partial charge is 0.320 e. The fourth-order valence-electron chi connectivity index (χ4n) is 2.92. The van der Waals surface area contributed by atoms with E-state index in [-0.39, 0.29) is 12.1 Å². The number of benzene rings is 1. The summed E-state index contributed by atoms with van der Waals surface area (Å²) < 4.78 is 5.45. The Morgan fingerprint density at radius 2 is 1.84 bits per heavy atom. The van der Waals surface area contributed by atoms with Crippen LogP contribution in [0.5, 0.6) is 5.75 Å². The molecule has 0 bridgehead atoms. The van der Waals surface area contributed by atoms with Crippen molar-refractivity contribution >= 4 is 6.03 Å². The Morgan fingerprint density at radius 1 is 1.21 bits per heavy atom. The number of carbonyl (C=O) groups is 1. The molecule has 0 radical (unpaired) electrons. The fraction of sp³-hybridized carbons (Fsp3) is 0.533. The summed E-state index contributed by atoms with van der Waals surface area (Å²) in [5.41, 5.74) is 4.71. The normalized spacial score (nSPS) is 19.3. The second kappa shape index (κ2) is 4.76. The third-order valence-corrected chi connectivity index (χ3v) is 4.17. The van der Waals surface area contributed by atoms with Gasteiger partial charge in [-0.15, -0.1) is 0 Å². The van der Waals surface area contributed by atoms with Gasteiger partial charge in [0.15, 0.2) is 0 Å². The molecule has 0 aromatic heterocycles. The Balaban J connectivity index is 2.50. The number of ether oxygens (including phenoxy) is 1. The number of rotatable bonds is 2. The van der Waals surface area contributed by atoms with Crippen molar-refractivity contribution in [3.05, 3.63) is 28.3 Å². The van der Waals surface area contributed by atoms with Gasteiger partial charge in [0, 0.05) is 20.6 Å². The van der Waals surface area contributed by atoms with Crippen molar-refractivity contribution < 1.29 is 9.53 Å². The summed E-state index contributed by atoms with van der Waals surface area (Å²) in [6, 6.07) is 2.35. The molecule has 1 atom stereocenters. The summed E-state index contributed by atoms with van der Waals surface area (Å²) in [7, 11) is 5.41. The van der Waals surface area contributed by atoms with Gasteiger partial charge in [0.1, 0.15) is 5.75 Å². The molecule has 1 aromatic rings. The zero-order valence-corrected chi connectivity index (χ0v) is 12.6. The molecule has 0 N–H and O–H groups in total. The molecule has 2 amide bonds. The molecule has 4 heteroatoms. The van der Waals surface area contributed by atoms with Crippen LogP contribution in [-0.4, -0.2) is 43.6 Å². The summed E-state index contributed by atoms with van der Waals surface area (Å²) in [4.78, 5) is 15.5. The molecular formula is C15H22N2O2. The summed E-state index contributed by atoms with van der Waals surface area (Å²) in [6.07, 6.45) is 0. The van der Waals surface area contributed by atoms with E-state index in [1.165, 1.54) is 11.1 Å². The summed E-state index contributed by atoms with van der Waals surface area (Å²) in [5.74, 6) is 0.946. The van der Waals surface area contributed by atoms with Crippen molar-refractivity contribution in [2.45, 2.75) is 26.8 Å². The Bertz CT molecular complexity index is 525. The number of urea groups is 1. The second-order valence-corrected chi connectivity index (χ2v) is 5.36. The molecular weight excluding hydrogens is 240 g/mol. The van der Waals surface area contributed by atoms with E-state index in [0.717, 1.165) is 23.4 Å². The van der Waals surface area contributed by atoms with Gasteiger partial charge < -0.3 is 14.5 Å². The van der Waals surface area contributed by atoms with Gasteiger partial charge in [0.25, 0.3) is 0 Å². The standard InChI is InChI=1S/C15H22N2O2/c1-9-7-12(10(2)11(3)14(9)19-6)13-8-16(4)15(18)17(13)5/h7,13H,8H2,1-6H3. The SMILES string of the molecule is COc1c(C)cc(C2CN(C)C(=O)N2C)c(C)c1C. The average molecular weight is 262 g/mol. The first-order chi connectivity index (χ1) is 8.88. The van der Waals surface area contributed by atoms with Crippen LogP contribution in [0.15, 0.2) is 6.07 Å². The van der Waals surface area contributed by atoms with Crippen molar-refractivity contribution in [2.75, 3.05) is 27.7 Å². The molecule has 1 heterocycles. The van der Waals surface area contributed by atoms with E-state index in [2.05, 4.69) is 26.8 Å². The van der Waals surface area contributed by atoms with Gasteiger partial charge in [-0.3, -0.25) is 0 Å². The Labute approximate surface area is 115 Å². The van der Waals surface area contributed by atoms with Crippen molar-refractivity contribution in [3.8, 4) is 5.75 Å². The first-order valence-electron chi connectivity index (χ1n) is 6.51. The quantitative estimate of drug-likeness (QED) is 0.821. The third-order valence-electron chi connectivity index (χ3n) is 4.17. The van der Waals surface area contributed by atoms with Crippen LogP contribution >= 0.6 is 0 Å². The van der Waals surface area contributed by atoms with Crippen molar-refractivity contribution in [1.29, 1.82) is 0 Å². The Hall–Kier alpha value is -1.71. The maximum absolute atomic E-state index is 11.9. The molecule has 104 valence electrons. The van der Waals surface area contributed by atoms with Crippen LogP contribution in [0, 0.1) is 20.8 Å². The second-order valence-electron chi connectivity index (χ2n) is 5.36. The molecule has 2 rings (SSSR count). The monoisotopic (exact) mass is 262 g/mol. The van der Waals surface area contributed by atoms with Gasteiger partial charge in [-0.05, 0) is 49.1 Å². The van der Waals surface area contributed by atoms with Crippen LogP contribution in [0.3, 0.4) is 0 Å². The predicted octanol–water partition coefficient (Wildman–Crippen LogP) is 2.66. The van der Waals surface area contributed by atoms with Crippen molar-refractivity contribution in [1.82, 2.24) is 9.80 Å².